The standard InChI is InChI=1S/C21H26N2O4/c1-2-27-21(26)17-11-14-22(15-12-17)19(24)10-7-16-5-8-18(9-6-16)23-13-3-4-20(23)25/h5-10,17H,2-4,11-15H2,1H3/b10-7+. The molecule has 0 N–H and O–H groups in total. The Morgan fingerprint density at radius 2 is 1.85 bits per heavy atom. The number of amides is 2. The van der Waals surface area contributed by atoms with Crippen LogP contribution in [0, 0.1) is 5.92 Å². The monoisotopic (exact) mass is 370 g/mol. The molecule has 6 heteroatoms. The topological polar surface area (TPSA) is 66.9 Å². The maximum atomic E-state index is 12.4. The van der Waals surface area contributed by atoms with Crippen molar-refractivity contribution in [3.63, 3.8) is 0 Å². The zero-order valence-corrected chi connectivity index (χ0v) is 15.7. The first-order chi connectivity index (χ1) is 13.1. The van der Waals surface area contributed by atoms with Crippen molar-refractivity contribution in [1.82, 2.24) is 4.90 Å². The van der Waals surface area contributed by atoms with E-state index in [-0.39, 0.29) is 23.7 Å². The van der Waals surface area contributed by atoms with Gasteiger partial charge in [0.15, 0.2) is 0 Å². The van der Waals surface area contributed by atoms with Crippen LogP contribution in [0.4, 0.5) is 5.69 Å². The molecule has 1 aromatic carbocycles. The number of nitrogens with zero attached hydrogens (tertiary/aromatic N) is 2. The Morgan fingerprint density at radius 1 is 1.15 bits per heavy atom. The van der Waals surface area contributed by atoms with Crippen molar-refractivity contribution < 1.29 is 19.1 Å². The third-order valence-electron chi connectivity index (χ3n) is 5.12. The molecule has 0 spiro atoms. The first-order valence-corrected chi connectivity index (χ1v) is 9.62. The SMILES string of the molecule is CCOC(=O)C1CCN(C(=O)/C=C/c2ccc(N3CCCC3=O)cc2)CC1. The van der Waals surface area contributed by atoms with Gasteiger partial charge in [0.2, 0.25) is 11.8 Å². The smallest absolute Gasteiger partial charge is 0.309 e. The van der Waals surface area contributed by atoms with Crippen molar-refractivity contribution in [2.24, 2.45) is 5.92 Å². The summed E-state index contributed by atoms with van der Waals surface area (Å²) in [5.74, 6) is -0.133. The summed E-state index contributed by atoms with van der Waals surface area (Å²) in [6.07, 6.45) is 6.18. The van der Waals surface area contributed by atoms with Crippen LogP contribution in [0.25, 0.3) is 6.08 Å². The minimum absolute atomic E-state index is 0.0453. The fourth-order valence-electron chi connectivity index (χ4n) is 3.56. The van der Waals surface area contributed by atoms with Crippen LogP contribution < -0.4 is 4.90 Å². The Hall–Kier alpha value is -2.63. The van der Waals surface area contributed by atoms with Gasteiger partial charge in [0.25, 0.3) is 0 Å². The number of rotatable bonds is 5. The molecular weight excluding hydrogens is 344 g/mol. The van der Waals surface area contributed by atoms with Crippen LogP contribution in [0.15, 0.2) is 30.3 Å². The summed E-state index contributed by atoms with van der Waals surface area (Å²) in [6, 6.07) is 7.66. The lowest BCUT2D eigenvalue weighted by atomic mass is 9.97. The number of benzene rings is 1. The van der Waals surface area contributed by atoms with Gasteiger partial charge in [-0.25, -0.2) is 0 Å². The number of likely N-dealkylation sites (tertiary alicyclic amines) is 1. The number of hydrogen-bond acceptors (Lipinski definition) is 4. The zero-order valence-electron chi connectivity index (χ0n) is 15.7. The highest BCUT2D eigenvalue weighted by atomic mass is 16.5. The normalized spacial score (nSPS) is 18.3. The van der Waals surface area contributed by atoms with E-state index in [0.717, 1.165) is 24.2 Å². The third kappa shape index (κ3) is 4.76. The highest BCUT2D eigenvalue weighted by Gasteiger charge is 2.27. The molecule has 2 aliphatic rings. The molecule has 2 saturated heterocycles. The van der Waals surface area contributed by atoms with E-state index in [1.165, 1.54) is 0 Å². The van der Waals surface area contributed by atoms with E-state index in [0.29, 0.717) is 39.0 Å². The molecule has 6 nitrogen and oxygen atoms in total. The molecule has 0 atom stereocenters. The number of ether oxygens (including phenoxy) is 1. The summed E-state index contributed by atoms with van der Waals surface area (Å²) in [7, 11) is 0. The second-order valence-electron chi connectivity index (χ2n) is 6.93. The summed E-state index contributed by atoms with van der Waals surface area (Å²) >= 11 is 0. The Balaban J connectivity index is 1.51. The molecule has 2 amide bonds. The molecule has 27 heavy (non-hydrogen) atoms. The van der Waals surface area contributed by atoms with Gasteiger partial charge in [-0.05, 0) is 50.0 Å². The summed E-state index contributed by atoms with van der Waals surface area (Å²) in [6.45, 7) is 4.11. The first-order valence-electron chi connectivity index (χ1n) is 9.62. The number of anilines is 1. The molecule has 2 aliphatic heterocycles. The van der Waals surface area contributed by atoms with Crippen LogP contribution in [0.5, 0.6) is 0 Å². The van der Waals surface area contributed by atoms with Gasteiger partial charge in [0.05, 0.1) is 12.5 Å². The van der Waals surface area contributed by atoms with E-state index in [9.17, 15) is 14.4 Å². The molecular formula is C21H26N2O4. The van der Waals surface area contributed by atoms with Gasteiger partial charge in [0, 0.05) is 37.8 Å². The van der Waals surface area contributed by atoms with Crippen molar-refractivity contribution in [3.05, 3.63) is 35.9 Å². The number of hydrogen-bond donors (Lipinski definition) is 0. The molecule has 2 heterocycles. The van der Waals surface area contributed by atoms with Crippen molar-refractivity contribution in [3.8, 4) is 0 Å². The first kappa shape index (κ1) is 19.1. The summed E-state index contributed by atoms with van der Waals surface area (Å²) in [4.78, 5) is 39.5. The van der Waals surface area contributed by atoms with E-state index in [1.807, 2.05) is 24.3 Å². The number of esters is 1. The number of carbonyl (C=O) groups is 3. The van der Waals surface area contributed by atoms with E-state index in [1.54, 1.807) is 28.9 Å². The van der Waals surface area contributed by atoms with E-state index >= 15 is 0 Å². The summed E-state index contributed by atoms with van der Waals surface area (Å²) in [5, 5.41) is 0. The van der Waals surface area contributed by atoms with Crippen LogP contribution in [0.3, 0.4) is 0 Å². The predicted molar refractivity (Wildman–Crippen MR) is 103 cm³/mol. The molecule has 2 fully saturated rings. The van der Waals surface area contributed by atoms with Crippen LogP contribution in [0.2, 0.25) is 0 Å². The van der Waals surface area contributed by atoms with Gasteiger partial charge in [-0.2, -0.15) is 0 Å². The molecule has 0 aromatic heterocycles. The number of piperidine rings is 1. The van der Waals surface area contributed by atoms with Crippen LogP contribution >= 0.6 is 0 Å². The molecule has 0 saturated carbocycles. The Bertz CT molecular complexity index is 718. The molecule has 3 rings (SSSR count). The molecule has 0 radical (unpaired) electrons. The Kier molecular flexibility index (Phi) is 6.27. The van der Waals surface area contributed by atoms with Crippen LogP contribution in [-0.4, -0.2) is 48.9 Å². The van der Waals surface area contributed by atoms with E-state index in [4.69, 9.17) is 4.74 Å². The van der Waals surface area contributed by atoms with Crippen molar-refractivity contribution in [2.75, 3.05) is 31.1 Å². The molecule has 0 unspecified atom stereocenters. The van der Waals surface area contributed by atoms with Gasteiger partial charge in [0.1, 0.15) is 0 Å². The average Bonchev–Trinajstić information content (AvgIpc) is 3.13. The Morgan fingerprint density at radius 3 is 2.44 bits per heavy atom. The fourth-order valence-corrected chi connectivity index (χ4v) is 3.56. The lowest BCUT2D eigenvalue weighted by molar-refractivity contribution is -0.150. The lowest BCUT2D eigenvalue weighted by Gasteiger charge is -2.30. The molecule has 0 bridgehead atoms. The second-order valence-corrected chi connectivity index (χ2v) is 6.93. The van der Waals surface area contributed by atoms with Gasteiger partial charge in [-0.15, -0.1) is 0 Å². The molecule has 1 aromatic rings. The van der Waals surface area contributed by atoms with Crippen LogP contribution in [0.1, 0.15) is 38.2 Å². The van der Waals surface area contributed by atoms with Crippen molar-refractivity contribution in [1.29, 1.82) is 0 Å². The maximum Gasteiger partial charge on any atom is 0.309 e. The van der Waals surface area contributed by atoms with E-state index < -0.39 is 0 Å². The summed E-state index contributed by atoms with van der Waals surface area (Å²) in [5.41, 5.74) is 1.82. The molecule has 144 valence electrons. The summed E-state index contributed by atoms with van der Waals surface area (Å²) < 4.78 is 5.05. The quantitative estimate of drug-likeness (QED) is 0.590. The van der Waals surface area contributed by atoms with Gasteiger partial charge in [-0.1, -0.05) is 12.1 Å². The highest BCUT2D eigenvalue weighted by molar-refractivity contribution is 5.95. The zero-order chi connectivity index (χ0) is 19.2. The van der Waals surface area contributed by atoms with E-state index in [2.05, 4.69) is 0 Å². The molecule has 0 aliphatic carbocycles. The van der Waals surface area contributed by atoms with Gasteiger partial charge < -0.3 is 14.5 Å². The van der Waals surface area contributed by atoms with Crippen LogP contribution in [-0.2, 0) is 19.1 Å². The maximum absolute atomic E-state index is 12.4. The van der Waals surface area contributed by atoms with Gasteiger partial charge >= 0.3 is 5.97 Å². The predicted octanol–water partition coefficient (Wildman–Crippen LogP) is 2.63. The second kappa shape index (κ2) is 8.84. The van der Waals surface area contributed by atoms with Crippen molar-refractivity contribution in [2.45, 2.75) is 32.6 Å². The average molecular weight is 370 g/mol. The van der Waals surface area contributed by atoms with Gasteiger partial charge in [-0.3, -0.25) is 14.4 Å². The fraction of sp³-hybridized carbons (Fsp3) is 0.476. The minimum atomic E-state index is -0.156. The third-order valence-corrected chi connectivity index (χ3v) is 5.12. The Labute approximate surface area is 159 Å². The minimum Gasteiger partial charge on any atom is -0.466 e. The number of carbonyl (C=O) groups excluding carboxylic acids is 3. The van der Waals surface area contributed by atoms with Crippen molar-refractivity contribution >= 4 is 29.5 Å². The lowest BCUT2D eigenvalue weighted by Crippen LogP contribution is -2.39. The highest BCUT2D eigenvalue weighted by Crippen LogP contribution is 2.22. The largest absolute Gasteiger partial charge is 0.466 e.